The van der Waals surface area contributed by atoms with Crippen LogP contribution in [0.3, 0.4) is 0 Å². The van der Waals surface area contributed by atoms with Crippen LogP contribution >= 0.6 is 11.8 Å². The molecule has 0 fully saturated rings. The topological polar surface area (TPSA) is 66.4 Å². The number of benzene rings is 3. The van der Waals surface area contributed by atoms with Crippen LogP contribution in [0.25, 0.3) is 10.8 Å². The van der Waals surface area contributed by atoms with Crippen LogP contribution in [-0.4, -0.2) is 22.7 Å². The molecule has 0 heterocycles. The summed E-state index contributed by atoms with van der Waals surface area (Å²) >= 11 is 1.75. The summed E-state index contributed by atoms with van der Waals surface area (Å²) in [6.45, 7) is 0. The number of anilines is 1. The predicted octanol–water partition coefficient (Wildman–Crippen LogP) is 5.61. The van der Waals surface area contributed by atoms with Gasteiger partial charge >= 0.3 is 5.97 Å². The number of thioether (sulfide) groups is 1. The molecule has 4 nitrogen and oxygen atoms in total. The molecule has 0 aromatic heterocycles. The van der Waals surface area contributed by atoms with Gasteiger partial charge in [-0.1, -0.05) is 54.6 Å². The maximum Gasteiger partial charge on any atom is 0.337 e. The molecule has 142 valence electrons. The van der Waals surface area contributed by atoms with Crippen LogP contribution in [0.15, 0.2) is 83.8 Å². The number of carboxylic acids is 1. The Kier molecular flexibility index (Phi) is 6.87. The number of carbonyl (C=O) groups excluding carboxylic acids is 1. The molecule has 0 unspecified atom stereocenters. The minimum atomic E-state index is -1.05. The number of aromatic carboxylic acids is 1. The molecule has 0 atom stereocenters. The normalized spacial score (nSPS) is 11.0. The monoisotopic (exact) mass is 391 g/mol. The van der Waals surface area contributed by atoms with Gasteiger partial charge < -0.3 is 10.4 Å². The van der Waals surface area contributed by atoms with Crippen molar-refractivity contribution in [3.63, 3.8) is 0 Å². The summed E-state index contributed by atoms with van der Waals surface area (Å²) in [7, 11) is 0. The van der Waals surface area contributed by atoms with Crippen molar-refractivity contribution in [2.45, 2.75) is 17.7 Å². The third kappa shape index (κ3) is 5.47. The summed E-state index contributed by atoms with van der Waals surface area (Å²) in [4.78, 5) is 24.4. The second kappa shape index (κ2) is 9.76. The molecular formula is C23H21NO3S. The molecule has 0 spiro atoms. The highest BCUT2D eigenvalue weighted by Crippen LogP contribution is 2.23. The third-order valence-corrected chi connectivity index (χ3v) is 5.15. The SMILES string of the molecule is O=C(CCC=CCSc1ccc2ccccc2c1)Nc1ccccc1C(=O)O. The maximum atomic E-state index is 12.0. The van der Waals surface area contributed by atoms with Gasteiger partial charge in [0.2, 0.25) is 5.91 Å². The summed E-state index contributed by atoms with van der Waals surface area (Å²) in [6, 6.07) is 21.1. The molecule has 0 aliphatic heterocycles. The van der Waals surface area contributed by atoms with Gasteiger partial charge in [0.05, 0.1) is 11.3 Å². The van der Waals surface area contributed by atoms with Gasteiger partial charge in [0.1, 0.15) is 0 Å². The molecule has 28 heavy (non-hydrogen) atoms. The minimum Gasteiger partial charge on any atom is -0.478 e. The number of carboxylic acid groups (broad SMARTS) is 1. The van der Waals surface area contributed by atoms with Crippen molar-refractivity contribution in [3.05, 3.63) is 84.4 Å². The highest BCUT2D eigenvalue weighted by atomic mass is 32.2. The lowest BCUT2D eigenvalue weighted by Crippen LogP contribution is -2.13. The molecule has 0 saturated carbocycles. The van der Waals surface area contributed by atoms with Gasteiger partial charge in [-0.25, -0.2) is 4.79 Å². The van der Waals surface area contributed by atoms with E-state index < -0.39 is 5.97 Å². The molecule has 0 radical (unpaired) electrons. The fraction of sp³-hybridized carbons (Fsp3) is 0.130. The van der Waals surface area contributed by atoms with E-state index in [9.17, 15) is 9.59 Å². The standard InChI is InChI=1S/C23H21NO3S/c25-22(24-21-11-6-5-10-20(21)23(26)27)12-2-1-7-15-28-19-14-13-17-8-3-4-9-18(17)16-19/h1,3-11,13-14,16H,2,12,15H2,(H,24,25)(H,26,27). The number of rotatable bonds is 8. The van der Waals surface area contributed by atoms with Gasteiger partial charge in [-0.2, -0.15) is 0 Å². The first-order chi connectivity index (χ1) is 13.6. The molecule has 5 heteroatoms. The van der Waals surface area contributed by atoms with Gasteiger partial charge in [0.15, 0.2) is 0 Å². The van der Waals surface area contributed by atoms with Crippen LogP contribution in [0.4, 0.5) is 5.69 Å². The average molecular weight is 391 g/mol. The van der Waals surface area contributed by atoms with Crippen molar-refractivity contribution in [2.75, 3.05) is 11.1 Å². The van der Waals surface area contributed by atoms with Crippen molar-refractivity contribution in [2.24, 2.45) is 0 Å². The van der Waals surface area contributed by atoms with Gasteiger partial charge in [-0.3, -0.25) is 4.79 Å². The van der Waals surface area contributed by atoms with E-state index in [-0.39, 0.29) is 11.5 Å². The summed E-state index contributed by atoms with van der Waals surface area (Å²) < 4.78 is 0. The van der Waals surface area contributed by atoms with Crippen molar-refractivity contribution in [3.8, 4) is 0 Å². The first-order valence-corrected chi connectivity index (χ1v) is 10.0. The van der Waals surface area contributed by atoms with E-state index in [4.69, 9.17) is 5.11 Å². The zero-order valence-electron chi connectivity index (χ0n) is 15.3. The minimum absolute atomic E-state index is 0.0955. The van der Waals surface area contributed by atoms with E-state index in [0.29, 0.717) is 18.5 Å². The number of hydrogen-bond acceptors (Lipinski definition) is 3. The van der Waals surface area contributed by atoms with Gasteiger partial charge in [0, 0.05) is 17.1 Å². The summed E-state index contributed by atoms with van der Waals surface area (Å²) in [6.07, 6.45) is 4.96. The Morgan fingerprint density at radius 2 is 1.68 bits per heavy atom. The number of allylic oxidation sites excluding steroid dienone is 1. The Bertz CT molecular complexity index is 1010. The molecule has 2 N–H and O–H groups in total. The summed E-state index contributed by atoms with van der Waals surface area (Å²) in [5.41, 5.74) is 0.425. The number of amides is 1. The zero-order chi connectivity index (χ0) is 19.8. The van der Waals surface area contributed by atoms with E-state index in [1.165, 1.54) is 21.7 Å². The Morgan fingerprint density at radius 1 is 0.929 bits per heavy atom. The van der Waals surface area contributed by atoms with Crippen molar-refractivity contribution in [1.82, 2.24) is 0 Å². The highest BCUT2D eigenvalue weighted by Gasteiger charge is 2.10. The Hall–Kier alpha value is -3.05. The number of carbonyl (C=O) groups is 2. The molecule has 0 aliphatic carbocycles. The molecule has 0 bridgehead atoms. The molecule has 3 aromatic rings. The number of nitrogens with one attached hydrogen (secondary N) is 1. The van der Waals surface area contributed by atoms with E-state index in [1.54, 1.807) is 30.0 Å². The van der Waals surface area contributed by atoms with Crippen LogP contribution in [0.5, 0.6) is 0 Å². The first kappa shape index (κ1) is 19.7. The quantitative estimate of drug-likeness (QED) is 0.387. The smallest absolute Gasteiger partial charge is 0.337 e. The van der Waals surface area contributed by atoms with Crippen LogP contribution in [-0.2, 0) is 4.79 Å². The van der Waals surface area contributed by atoms with E-state index in [0.717, 1.165) is 5.75 Å². The predicted molar refractivity (Wildman–Crippen MR) is 115 cm³/mol. The lowest BCUT2D eigenvalue weighted by atomic mass is 10.1. The molecular weight excluding hydrogens is 370 g/mol. The lowest BCUT2D eigenvalue weighted by Gasteiger charge is -2.07. The zero-order valence-corrected chi connectivity index (χ0v) is 16.1. The molecule has 3 aromatic carbocycles. The van der Waals surface area contributed by atoms with Crippen molar-refractivity contribution >= 4 is 40.1 Å². The number of hydrogen-bond donors (Lipinski definition) is 2. The molecule has 1 amide bonds. The lowest BCUT2D eigenvalue weighted by molar-refractivity contribution is -0.116. The average Bonchev–Trinajstić information content (AvgIpc) is 2.70. The van der Waals surface area contributed by atoms with Gasteiger partial charge in [-0.15, -0.1) is 11.8 Å². The van der Waals surface area contributed by atoms with Crippen LogP contribution in [0.1, 0.15) is 23.2 Å². The fourth-order valence-corrected chi connectivity index (χ4v) is 3.59. The first-order valence-electron chi connectivity index (χ1n) is 9.02. The van der Waals surface area contributed by atoms with Crippen molar-refractivity contribution in [1.29, 1.82) is 0 Å². The Labute approximate surface area is 168 Å². The van der Waals surface area contributed by atoms with E-state index in [2.05, 4.69) is 41.7 Å². The third-order valence-electron chi connectivity index (χ3n) is 4.20. The maximum absolute atomic E-state index is 12.0. The Balaban J connectivity index is 1.42. The fourth-order valence-electron chi connectivity index (χ4n) is 2.79. The summed E-state index contributed by atoms with van der Waals surface area (Å²) in [5.74, 6) is -0.413. The van der Waals surface area contributed by atoms with Crippen LogP contribution in [0, 0.1) is 0 Å². The number of fused-ring (bicyclic) bond motifs is 1. The molecule has 0 saturated heterocycles. The number of para-hydroxylation sites is 1. The second-order valence-electron chi connectivity index (χ2n) is 6.23. The largest absolute Gasteiger partial charge is 0.478 e. The van der Waals surface area contributed by atoms with E-state index in [1.807, 2.05) is 18.2 Å². The van der Waals surface area contributed by atoms with Gasteiger partial charge in [0.25, 0.3) is 0 Å². The van der Waals surface area contributed by atoms with E-state index >= 15 is 0 Å². The summed E-state index contributed by atoms with van der Waals surface area (Å²) in [5, 5.41) is 14.3. The highest BCUT2D eigenvalue weighted by molar-refractivity contribution is 7.99. The van der Waals surface area contributed by atoms with Gasteiger partial charge in [-0.05, 0) is 41.5 Å². The Morgan fingerprint density at radius 3 is 2.50 bits per heavy atom. The molecule has 3 rings (SSSR count). The second-order valence-corrected chi connectivity index (χ2v) is 7.32. The van der Waals surface area contributed by atoms with Crippen LogP contribution in [0.2, 0.25) is 0 Å². The van der Waals surface area contributed by atoms with Crippen LogP contribution < -0.4 is 5.32 Å². The molecule has 0 aliphatic rings. The van der Waals surface area contributed by atoms with Crippen molar-refractivity contribution < 1.29 is 14.7 Å².